The molecule has 0 bridgehead atoms. The predicted octanol–water partition coefficient (Wildman–Crippen LogP) is 3.27. The maximum absolute atomic E-state index is 13.1. The highest BCUT2D eigenvalue weighted by Gasteiger charge is 2.16. The SMILES string of the molecule is Nc1c(C(=O)Nc2cccc(F)c2)sc2cnccc12. The van der Waals surface area contributed by atoms with Crippen molar-refractivity contribution in [1.29, 1.82) is 0 Å². The molecule has 0 saturated carbocycles. The van der Waals surface area contributed by atoms with Gasteiger partial charge in [-0.25, -0.2) is 4.39 Å². The number of nitrogens with zero attached hydrogens (tertiary/aromatic N) is 1. The average molecular weight is 287 g/mol. The van der Waals surface area contributed by atoms with Crippen LogP contribution in [0.25, 0.3) is 10.1 Å². The Morgan fingerprint density at radius 2 is 2.20 bits per heavy atom. The van der Waals surface area contributed by atoms with E-state index in [-0.39, 0.29) is 5.91 Å². The first-order valence-electron chi connectivity index (χ1n) is 5.84. The van der Waals surface area contributed by atoms with Crippen LogP contribution in [0.2, 0.25) is 0 Å². The molecule has 20 heavy (non-hydrogen) atoms. The van der Waals surface area contributed by atoms with Crippen LogP contribution in [0.3, 0.4) is 0 Å². The van der Waals surface area contributed by atoms with E-state index in [0.717, 1.165) is 10.1 Å². The van der Waals surface area contributed by atoms with Crippen LogP contribution in [0.4, 0.5) is 15.8 Å². The Hall–Kier alpha value is -2.47. The number of pyridine rings is 1. The van der Waals surface area contributed by atoms with Crippen LogP contribution >= 0.6 is 11.3 Å². The number of benzene rings is 1. The van der Waals surface area contributed by atoms with Gasteiger partial charge in [0.15, 0.2) is 0 Å². The summed E-state index contributed by atoms with van der Waals surface area (Å²) in [6.07, 6.45) is 3.29. The van der Waals surface area contributed by atoms with E-state index < -0.39 is 5.82 Å². The molecule has 0 radical (unpaired) electrons. The maximum atomic E-state index is 13.1. The van der Waals surface area contributed by atoms with Crippen molar-refractivity contribution in [3.05, 3.63) is 53.4 Å². The van der Waals surface area contributed by atoms with Crippen LogP contribution in [0.15, 0.2) is 42.7 Å². The van der Waals surface area contributed by atoms with E-state index in [2.05, 4.69) is 10.3 Å². The number of rotatable bonds is 2. The first-order chi connectivity index (χ1) is 9.65. The number of fused-ring (bicyclic) bond motifs is 1. The van der Waals surface area contributed by atoms with E-state index in [9.17, 15) is 9.18 Å². The fraction of sp³-hybridized carbons (Fsp3) is 0. The van der Waals surface area contributed by atoms with Crippen LogP contribution < -0.4 is 11.1 Å². The van der Waals surface area contributed by atoms with Crippen molar-refractivity contribution in [3.8, 4) is 0 Å². The molecule has 0 aliphatic rings. The smallest absolute Gasteiger partial charge is 0.267 e. The number of halogens is 1. The third-order valence-corrected chi connectivity index (χ3v) is 3.97. The summed E-state index contributed by atoms with van der Waals surface area (Å²) >= 11 is 1.26. The van der Waals surface area contributed by atoms with Crippen molar-refractivity contribution in [2.24, 2.45) is 0 Å². The van der Waals surface area contributed by atoms with E-state index in [1.807, 2.05) is 0 Å². The van der Waals surface area contributed by atoms with Gasteiger partial charge in [-0.1, -0.05) is 6.07 Å². The van der Waals surface area contributed by atoms with E-state index >= 15 is 0 Å². The van der Waals surface area contributed by atoms with Gasteiger partial charge in [-0.05, 0) is 24.3 Å². The Morgan fingerprint density at radius 3 is 2.95 bits per heavy atom. The Morgan fingerprint density at radius 1 is 1.35 bits per heavy atom. The predicted molar refractivity (Wildman–Crippen MR) is 78.4 cm³/mol. The third kappa shape index (κ3) is 2.21. The average Bonchev–Trinajstić information content (AvgIpc) is 2.77. The molecule has 2 heterocycles. The zero-order valence-corrected chi connectivity index (χ0v) is 11.1. The van der Waals surface area contributed by atoms with Crippen molar-refractivity contribution in [3.63, 3.8) is 0 Å². The Kier molecular flexibility index (Phi) is 3.08. The van der Waals surface area contributed by atoms with Gasteiger partial charge in [0, 0.05) is 23.5 Å². The minimum Gasteiger partial charge on any atom is -0.397 e. The van der Waals surface area contributed by atoms with E-state index in [1.54, 1.807) is 24.5 Å². The first kappa shape index (κ1) is 12.6. The van der Waals surface area contributed by atoms with Crippen molar-refractivity contribution < 1.29 is 9.18 Å². The Labute approximate surface area is 118 Å². The summed E-state index contributed by atoms with van der Waals surface area (Å²) in [4.78, 5) is 16.6. The number of nitrogens with two attached hydrogens (primary N) is 1. The summed E-state index contributed by atoms with van der Waals surface area (Å²) in [6, 6.07) is 7.48. The van der Waals surface area contributed by atoms with Crippen molar-refractivity contribution in [1.82, 2.24) is 4.98 Å². The van der Waals surface area contributed by atoms with E-state index in [0.29, 0.717) is 16.3 Å². The molecule has 0 saturated heterocycles. The van der Waals surface area contributed by atoms with E-state index in [1.165, 1.54) is 29.5 Å². The monoisotopic (exact) mass is 287 g/mol. The van der Waals surface area contributed by atoms with Gasteiger partial charge >= 0.3 is 0 Å². The summed E-state index contributed by atoms with van der Waals surface area (Å²) in [7, 11) is 0. The molecule has 3 rings (SSSR count). The van der Waals surface area contributed by atoms with Crippen LogP contribution in [-0.2, 0) is 0 Å². The number of thiophene rings is 1. The summed E-state index contributed by atoms with van der Waals surface area (Å²) < 4.78 is 13.9. The van der Waals surface area contributed by atoms with E-state index in [4.69, 9.17) is 5.73 Å². The number of amides is 1. The molecular formula is C14H10FN3OS. The highest BCUT2D eigenvalue weighted by atomic mass is 32.1. The molecule has 6 heteroatoms. The normalized spacial score (nSPS) is 10.7. The molecule has 4 nitrogen and oxygen atoms in total. The van der Waals surface area contributed by atoms with Gasteiger partial charge in [-0.2, -0.15) is 0 Å². The number of hydrogen-bond donors (Lipinski definition) is 2. The van der Waals surface area contributed by atoms with Crippen molar-refractivity contribution in [2.45, 2.75) is 0 Å². The number of nitrogen functional groups attached to an aromatic ring is 1. The fourth-order valence-corrected chi connectivity index (χ4v) is 2.88. The van der Waals surface area contributed by atoms with Gasteiger partial charge in [-0.15, -0.1) is 11.3 Å². The topological polar surface area (TPSA) is 68.0 Å². The van der Waals surface area contributed by atoms with Crippen LogP contribution in [0, 0.1) is 5.82 Å². The lowest BCUT2D eigenvalue weighted by Crippen LogP contribution is -2.12. The van der Waals surface area contributed by atoms with Gasteiger partial charge in [0.2, 0.25) is 0 Å². The molecular weight excluding hydrogens is 277 g/mol. The zero-order chi connectivity index (χ0) is 14.1. The number of carbonyl (C=O) groups is 1. The lowest BCUT2D eigenvalue weighted by atomic mass is 10.2. The number of aromatic nitrogens is 1. The lowest BCUT2D eigenvalue weighted by molar-refractivity contribution is 0.103. The Balaban J connectivity index is 1.95. The minimum atomic E-state index is -0.406. The highest BCUT2D eigenvalue weighted by Crippen LogP contribution is 2.33. The molecule has 3 aromatic rings. The largest absolute Gasteiger partial charge is 0.397 e. The van der Waals surface area contributed by atoms with Crippen LogP contribution in [0.5, 0.6) is 0 Å². The summed E-state index contributed by atoms with van der Waals surface area (Å²) in [6.45, 7) is 0. The molecule has 1 aromatic carbocycles. The third-order valence-electron chi connectivity index (χ3n) is 2.82. The molecule has 0 unspecified atom stereocenters. The fourth-order valence-electron chi connectivity index (χ4n) is 1.89. The molecule has 0 spiro atoms. The number of anilines is 2. The van der Waals surface area contributed by atoms with Gasteiger partial charge in [0.25, 0.3) is 5.91 Å². The lowest BCUT2D eigenvalue weighted by Gasteiger charge is -2.04. The van der Waals surface area contributed by atoms with Gasteiger partial charge in [0.1, 0.15) is 10.7 Å². The number of carbonyl (C=O) groups excluding carboxylic acids is 1. The molecule has 0 aliphatic carbocycles. The van der Waals surface area contributed by atoms with Crippen molar-refractivity contribution >= 4 is 38.7 Å². The second kappa shape index (κ2) is 4.90. The number of hydrogen-bond acceptors (Lipinski definition) is 4. The molecule has 0 fully saturated rings. The highest BCUT2D eigenvalue weighted by molar-refractivity contribution is 7.21. The van der Waals surface area contributed by atoms with Gasteiger partial charge in [0.05, 0.1) is 10.4 Å². The second-order valence-electron chi connectivity index (χ2n) is 4.18. The van der Waals surface area contributed by atoms with Crippen LogP contribution in [0.1, 0.15) is 9.67 Å². The minimum absolute atomic E-state index is 0.352. The first-order valence-corrected chi connectivity index (χ1v) is 6.65. The maximum Gasteiger partial charge on any atom is 0.267 e. The molecule has 3 N–H and O–H groups in total. The zero-order valence-electron chi connectivity index (χ0n) is 10.3. The molecule has 0 atom stereocenters. The Bertz CT molecular complexity index is 800. The second-order valence-corrected chi connectivity index (χ2v) is 5.23. The van der Waals surface area contributed by atoms with Gasteiger partial charge < -0.3 is 11.1 Å². The van der Waals surface area contributed by atoms with Gasteiger partial charge in [-0.3, -0.25) is 9.78 Å². The quantitative estimate of drug-likeness (QED) is 0.760. The molecule has 2 aromatic heterocycles. The summed E-state index contributed by atoms with van der Waals surface area (Å²) in [5, 5.41) is 3.43. The summed E-state index contributed by atoms with van der Waals surface area (Å²) in [5.41, 5.74) is 6.78. The molecule has 0 aliphatic heterocycles. The van der Waals surface area contributed by atoms with Crippen molar-refractivity contribution in [2.75, 3.05) is 11.1 Å². The molecule has 100 valence electrons. The summed E-state index contributed by atoms with van der Waals surface area (Å²) in [5.74, 6) is -0.759. The standard InChI is InChI=1S/C14H10FN3OS/c15-8-2-1-3-9(6-8)18-14(19)13-12(16)10-4-5-17-7-11(10)20-13/h1-7H,16H2,(H,18,19). The van der Waals surface area contributed by atoms with Crippen LogP contribution in [-0.4, -0.2) is 10.9 Å². The number of nitrogens with one attached hydrogen (secondary N) is 1. The molecule has 1 amide bonds.